The molecule has 0 fully saturated rings. The lowest BCUT2D eigenvalue weighted by Crippen LogP contribution is -2.39. The van der Waals surface area contributed by atoms with Crippen molar-refractivity contribution in [1.82, 2.24) is 9.55 Å². The number of aromatic nitrogens is 2. The number of carbonyl (C=O) groups excluding carboxylic acids is 2. The summed E-state index contributed by atoms with van der Waals surface area (Å²) < 4.78 is 15.5. The predicted octanol–water partition coefficient (Wildman–Crippen LogP) is 3.08. The summed E-state index contributed by atoms with van der Waals surface area (Å²) in [4.78, 5) is 29.3. The number of hydrogen-bond acceptors (Lipinski definition) is 5. The van der Waals surface area contributed by atoms with Crippen molar-refractivity contribution in [3.8, 4) is 11.4 Å². The number of nitrogens with one attached hydrogen (secondary N) is 1. The van der Waals surface area contributed by atoms with Gasteiger partial charge in [-0.25, -0.2) is 9.37 Å². The van der Waals surface area contributed by atoms with Crippen molar-refractivity contribution in [3.05, 3.63) is 66.2 Å². The number of primary amides is 1. The molecule has 0 spiro atoms. The minimum atomic E-state index is -0.815. The van der Waals surface area contributed by atoms with Crippen LogP contribution >= 0.6 is 0 Å². The lowest BCUT2D eigenvalue weighted by atomic mass is 10.1. The van der Waals surface area contributed by atoms with Crippen LogP contribution in [0.3, 0.4) is 0 Å². The molecule has 1 aromatic heterocycles. The molecule has 3 heterocycles. The van der Waals surface area contributed by atoms with E-state index in [1.54, 1.807) is 0 Å². The van der Waals surface area contributed by atoms with E-state index >= 15 is 0 Å². The number of carbonyl (C=O) groups is 2. The molecule has 168 valence electrons. The summed E-state index contributed by atoms with van der Waals surface area (Å²) >= 11 is 0. The number of nitrogens with zero attached hydrogens (tertiary/aromatic N) is 4. The largest absolute Gasteiger partial charge is 0.368 e. The molecule has 0 aliphatic carbocycles. The Hall–Kier alpha value is -4.01. The number of fused-ring (bicyclic) bond motifs is 1. The van der Waals surface area contributed by atoms with E-state index in [1.165, 1.54) is 41.4 Å². The third kappa shape index (κ3) is 4.09. The first-order valence-corrected chi connectivity index (χ1v) is 10.9. The van der Waals surface area contributed by atoms with Crippen LogP contribution in [0.25, 0.3) is 11.4 Å². The number of halogens is 1. The first kappa shape index (κ1) is 20.9. The minimum Gasteiger partial charge on any atom is -0.368 e. The Morgan fingerprint density at radius 3 is 2.55 bits per heavy atom. The highest BCUT2D eigenvalue weighted by Crippen LogP contribution is 2.27. The third-order valence-electron chi connectivity index (χ3n) is 6.00. The van der Waals surface area contributed by atoms with Crippen LogP contribution in [0.5, 0.6) is 0 Å². The van der Waals surface area contributed by atoms with Gasteiger partial charge in [0.25, 0.3) is 5.91 Å². The molecule has 0 bridgehead atoms. The van der Waals surface area contributed by atoms with E-state index < -0.39 is 23.7 Å². The predicted molar refractivity (Wildman–Crippen MR) is 123 cm³/mol. The van der Waals surface area contributed by atoms with E-state index in [0.717, 1.165) is 30.8 Å². The number of nitrogens with two attached hydrogens (primary N) is 1. The normalized spacial score (nSPS) is 17.4. The van der Waals surface area contributed by atoms with Crippen molar-refractivity contribution in [1.29, 1.82) is 0 Å². The fourth-order valence-corrected chi connectivity index (χ4v) is 4.27. The van der Waals surface area contributed by atoms with Crippen molar-refractivity contribution >= 4 is 28.9 Å². The van der Waals surface area contributed by atoms with E-state index in [0.29, 0.717) is 11.4 Å². The molecule has 0 radical (unpaired) electrons. The van der Waals surface area contributed by atoms with Crippen LogP contribution in [0.2, 0.25) is 0 Å². The highest BCUT2D eigenvalue weighted by atomic mass is 19.1. The summed E-state index contributed by atoms with van der Waals surface area (Å²) in [6.07, 6.45) is 5.38. The minimum absolute atomic E-state index is 0.0663. The van der Waals surface area contributed by atoms with Gasteiger partial charge in [0.15, 0.2) is 0 Å². The van der Waals surface area contributed by atoms with Crippen molar-refractivity contribution in [3.63, 3.8) is 0 Å². The second kappa shape index (κ2) is 8.50. The van der Waals surface area contributed by atoms with Crippen molar-refractivity contribution in [2.45, 2.75) is 38.3 Å². The number of rotatable bonds is 5. The SMILES string of the molecule is NC(=O)C1CC(C(=O)Nc2ccc(-c3ncc4n3CCCC4)cc2)=NN1c1ccc(F)cc1. The van der Waals surface area contributed by atoms with Crippen LogP contribution in [-0.4, -0.2) is 33.1 Å². The van der Waals surface area contributed by atoms with Gasteiger partial charge in [0.05, 0.1) is 5.69 Å². The lowest BCUT2D eigenvalue weighted by molar-refractivity contribution is -0.119. The molecule has 0 saturated heterocycles. The zero-order valence-corrected chi connectivity index (χ0v) is 17.9. The molecular weight excluding hydrogens is 423 g/mol. The Kier molecular flexibility index (Phi) is 5.37. The number of hydrazone groups is 1. The first-order chi connectivity index (χ1) is 16.0. The second-order valence-electron chi connectivity index (χ2n) is 8.20. The van der Waals surface area contributed by atoms with Gasteiger partial charge in [-0.2, -0.15) is 5.10 Å². The van der Waals surface area contributed by atoms with Crippen LogP contribution in [-0.2, 0) is 22.6 Å². The summed E-state index contributed by atoms with van der Waals surface area (Å²) in [5.74, 6) is -0.508. The van der Waals surface area contributed by atoms with Gasteiger partial charge in [-0.1, -0.05) is 0 Å². The van der Waals surface area contributed by atoms with Crippen LogP contribution in [0.15, 0.2) is 59.8 Å². The third-order valence-corrected chi connectivity index (χ3v) is 6.00. The summed E-state index contributed by atoms with van der Waals surface area (Å²) in [5.41, 5.74) is 9.01. The van der Waals surface area contributed by atoms with Crippen LogP contribution in [0.1, 0.15) is 25.0 Å². The molecule has 8 nitrogen and oxygen atoms in total. The van der Waals surface area contributed by atoms with Crippen LogP contribution in [0, 0.1) is 5.82 Å². The molecule has 9 heteroatoms. The van der Waals surface area contributed by atoms with E-state index in [9.17, 15) is 14.0 Å². The molecule has 5 rings (SSSR count). The van der Waals surface area contributed by atoms with E-state index in [4.69, 9.17) is 5.73 Å². The average molecular weight is 446 g/mol. The molecule has 2 amide bonds. The lowest BCUT2D eigenvalue weighted by Gasteiger charge is -2.20. The summed E-state index contributed by atoms with van der Waals surface area (Å²) in [7, 11) is 0. The molecule has 33 heavy (non-hydrogen) atoms. The van der Waals surface area contributed by atoms with Gasteiger partial charge >= 0.3 is 0 Å². The van der Waals surface area contributed by atoms with E-state index in [1.807, 2.05) is 30.5 Å². The molecule has 2 aromatic carbocycles. The zero-order chi connectivity index (χ0) is 22.9. The molecule has 2 aliphatic heterocycles. The molecular formula is C24H23FN6O2. The van der Waals surface area contributed by atoms with Gasteiger partial charge < -0.3 is 15.6 Å². The molecule has 1 atom stereocenters. The molecule has 3 aromatic rings. The fourth-order valence-electron chi connectivity index (χ4n) is 4.27. The number of anilines is 2. The van der Waals surface area contributed by atoms with Gasteiger partial charge in [0, 0.05) is 36.1 Å². The Bertz CT molecular complexity index is 1230. The van der Waals surface area contributed by atoms with E-state index in [2.05, 4.69) is 20.0 Å². The van der Waals surface area contributed by atoms with Gasteiger partial charge in [0.2, 0.25) is 5.91 Å². The summed E-state index contributed by atoms with van der Waals surface area (Å²) in [6.45, 7) is 0.967. The Labute approximate surface area is 189 Å². The van der Waals surface area contributed by atoms with Gasteiger partial charge in [-0.15, -0.1) is 0 Å². The number of aryl methyl sites for hydroxylation is 1. The monoisotopic (exact) mass is 446 g/mol. The molecule has 1 unspecified atom stereocenters. The average Bonchev–Trinajstić information content (AvgIpc) is 3.45. The highest BCUT2D eigenvalue weighted by molar-refractivity contribution is 6.44. The van der Waals surface area contributed by atoms with Gasteiger partial charge in [-0.3, -0.25) is 14.6 Å². The maximum absolute atomic E-state index is 13.3. The van der Waals surface area contributed by atoms with Crippen molar-refractivity contribution in [2.24, 2.45) is 10.8 Å². The van der Waals surface area contributed by atoms with Crippen LogP contribution in [0.4, 0.5) is 15.8 Å². The van der Waals surface area contributed by atoms with Crippen molar-refractivity contribution in [2.75, 3.05) is 10.3 Å². The standard InChI is InChI=1S/C24H23FN6O2/c25-16-6-10-18(11-7-16)31-21(22(26)32)13-20(29-31)24(33)28-17-8-4-15(5-9-17)23-27-14-19-3-1-2-12-30(19)23/h4-11,14,21H,1-3,12-13H2,(H2,26,32)(H,28,33). The molecule has 3 N–H and O–H groups in total. The van der Waals surface area contributed by atoms with Gasteiger partial charge in [0.1, 0.15) is 23.4 Å². The first-order valence-electron chi connectivity index (χ1n) is 10.9. The maximum Gasteiger partial charge on any atom is 0.271 e. The topological polar surface area (TPSA) is 106 Å². The second-order valence-corrected chi connectivity index (χ2v) is 8.20. The molecule has 2 aliphatic rings. The highest BCUT2D eigenvalue weighted by Gasteiger charge is 2.35. The maximum atomic E-state index is 13.3. The summed E-state index contributed by atoms with van der Waals surface area (Å²) in [5, 5.41) is 8.48. The smallest absolute Gasteiger partial charge is 0.271 e. The Morgan fingerprint density at radius 1 is 1.06 bits per heavy atom. The Morgan fingerprint density at radius 2 is 1.82 bits per heavy atom. The van der Waals surface area contributed by atoms with Crippen molar-refractivity contribution < 1.29 is 14.0 Å². The van der Waals surface area contributed by atoms with Gasteiger partial charge in [-0.05, 0) is 67.8 Å². The molecule has 0 saturated carbocycles. The van der Waals surface area contributed by atoms with Crippen LogP contribution < -0.4 is 16.1 Å². The number of amides is 2. The summed E-state index contributed by atoms with van der Waals surface area (Å²) in [6, 6.07) is 12.2. The number of hydrogen-bond donors (Lipinski definition) is 2. The fraction of sp³-hybridized carbons (Fsp3) is 0.250. The Balaban J connectivity index is 1.32. The number of benzene rings is 2. The van der Waals surface area contributed by atoms with E-state index in [-0.39, 0.29) is 12.1 Å². The quantitative estimate of drug-likeness (QED) is 0.628. The number of imidazole rings is 1. The zero-order valence-electron chi connectivity index (χ0n) is 17.9.